The quantitative estimate of drug-likeness (QED) is 0.259. The van der Waals surface area contributed by atoms with Crippen molar-refractivity contribution in [3.05, 3.63) is 0 Å². The van der Waals surface area contributed by atoms with Crippen molar-refractivity contribution < 1.29 is 71.2 Å². The number of imide groups is 1. The molecule has 58 valence electrons. The van der Waals surface area contributed by atoms with Gasteiger partial charge >= 0.3 is 57.9 Å². The molecule has 0 spiro atoms. The van der Waals surface area contributed by atoms with Gasteiger partial charge in [0.25, 0.3) is 0 Å². The Morgan fingerprint density at radius 3 is 1.82 bits per heavy atom. The van der Waals surface area contributed by atoms with E-state index < -0.39 is 18.4 Å². The van der Waals surface area contributed by atoms with Crippen molar-refractivity contribution in [3.63, 3.8) is 0 Å². The van der Waals surface area contributed by atoms with Crippen molar-refractivity contribution >= 4 is 11.8 Å². The molecular weight excluding hydrogens is 183 g/mol. The fourth-order valence-electron chi connectivity index (χ4n) is 0.812. The largest absolute Gasteiger partial charge is 1.00 e. The molecule has 6 heteroatoms. The summed E-state index contributed by atoms with van der Waals surface area (Å²) < 4.78 is 23.4. The second-order valence-corrected chi connectivity index (χ2v) is 1.94. The Balaban J connectivity index is 0. The minimum Gasteiger partial charge on any atom is -1.00 e. The molecule has 0 radical (unpaired) electrons. The van der Waals surface area contributed by atoms with E-state index in [9.17, 15) is 18.4 Å². The van der Waals surface area contributed by atoms with E-state index in [1.54, 1.807) is 0 Å². The first-order chi connectivity index (χ1) is 4.63. The van der Waals surface area contributed by atoms with Crippen LogP contribution in [0.4, 0.5) is 8.78 Å². The van der Waals surface area contributed by atoms with Crippen LogP contribution >= 0.6 is 0 Å². The molecule has 3 nitrogen and oxygen atoms in total. The van der Waals surface area contributed by atoms with Crippen LogP contribution in [0.25, 0.3) is 0 Å². The summed E-state index contributed by atoms with van der Waals surface area (Å²) in [6.07, 6.45) is -0.160. The van der Waals surface area contributed by atoms with Gasteiger partial charge in [-0.05, 0) is 0 Å². The minimum absolute atomic E-state index is 0. The van der Waals surface area contributed by atoms with Gasteiger partial charge in [0.2, 0.25) is 11.8 Å². The van der Waals surface area contributed by atoms with E-state index in [4.69, 9.17) is 0 Å². The van der Waals surface area contributed by atoms with Gasteiger partial charge in [0.05, 0.1) is 0 Å². The van der Waals surface area contributed by atoms with Crippen LogP contribution in [0.3, 0.4) is 0 Å². The predicted molar refractivity (Wildman–Crippen MR) is 28.2 cm³/mol. The molecule has 0 saturated carbocycles. The Hall–Kier alpha value is 0.636. The maximum Gasteiger partial charge on any atom is 1.00 e. The van der Waals surface area contributed by atoms with Gasteiger partial charge in [-0.1, -0.05) is 0 Å². The number of likely N-dealkylation sites (tertiary alicyclic amines) is 1. The van der Waals surface area contributed by atoms with E-state index in [-0.39, 0.29) is 70.6 Å². The molecule has 1 saturated heterocycles. The molecule has 0 atom stereocenters. The molecule has 0 aromatic carbocycles. The Kier molecular flexibility index (Phi) is 4.88. The fourth-order valence-corrected chi connectivity index (χ4v) is 0.812. The average Bonchev–Trinajstić information content (AvgIpc) is 2.11. The van der Waals surface area contributed by atoms with Crippen LogP contribution < -0.4 is 51.4 Å². The van der Waals surface area contributed by atoms with Crippen molar-refractivity contribution in [2.45, 2.75) is 19.4 Å². The van der Waals surface area contributed by atoms with Gasteiger partial charge in [-0.2, -0.15) is 8.78 Å². The number of amides is 2. The van der Waals surface area contributed by atoms with E-state index in [0.717, 1.165) is 0 Å². The molecule has 1 fully saturated rings. The number of rotatable bonds is 1. The van der Waals surface area contributed by atoms with Gasteiger partial charge < -0.3 is 1.43 Å². The number of hydrogen-bond donors (Lipinski definition) is 0. The Bertz CT molecular complexity index is 174. The molecule has 11 heavy (non-hydrogen) atoms. The second-order valence-electron chi connectivity index (χ2n) is 1.94. The van der Waals surface area contributed by atoms with Crippen LogP contribution in [-0.4, -0.2) is 23.3 Å². The van der Waals surface area contributed by atoms with Gasteiger partial charge in [0.1, 0.15) is 0 Å². The normalized spacial score (nSPS) is 17.5. The zero-order chi connectivity index (χ0) is 7.72. The van der Waals surface area contributed by atoms with Crippen LogP contribution in [0.2, 0.25) is 0 Å². The van der Waals surface area contributed by atoms with Crippen LogP contribution in [0.15, 0.2) is 0 Å². The maximum atomic E-state index is 11.7. The number of halogens is 2. The second kappa shape index (κ2) is 4.61. The third-order valence-corrected chi connectivity index (χ3v) is 1.29. The Labute approximate surface area is 106 Å². The van der Waals surface area contributed by atoms with Crippen LogP contribution in [0.5, 0.6) is 0 Å². The smallest absolute Gasteiger partial charge is 1.00 e. The van der Waals surface area contributed by atoms with Gasteiger partial charge in [-0.25, -0.2) is 4.90 Å². The number of carbonyl (C=O) groups is 2. The molecule has 0 aliphatic carbocycles. The molecular formula is C5H6F2KNO2. The summed E-state index contributed by atoms with van der Waals surface area (Å²) in [5.74, 6) is -1.56. The summed E-state index contributed by atoms with van der Waals surface area (Å²) >= 11 is 0. The van der Waals surface area contributed by atoms with Crippen molar-refractivity contribution in [1.29, 1.82) is 0 Å². The summed E-state index contributed by atoms with van der Waals surface area (Å²) in [5.41, 5.74) is 0. The summed E-state index contributed by atoms with van der Waals surface area (Å²) in [7, 11) is 0. The number of carbonyl (C=O) groups excluding carboxylic acids is 2. The Morgan fingerprint density at radius 1 is 1.27 bits per heavy atom. The zero-order valence-electron chi connectivity index (χ0n) is 7.01. The van der Waals surface area contributed by atoms with Crippen LogP contribution in [-0.2, 0) is 9.59 Å². The van der Waals surface area contributed by atoms with Crippen molar-refractivity contribution in [3.8, 4) is 0 Å². The van der Waals surface area contributed by atoms with E-state index in [2.05, 4.69) is 0 Å². The third kappa shape index (κ3) is 2.55. The standard InChI is InChI=1S/C5H5F2NO2.K.H/c6-5(7)8-3(9)1-2-4(8)10;;/h5H,1-2H2;;/q;+1;-1. The molecule has 1 aliphatic heterocycles. The maximum absolute atomic E-state index is 11.7. The topological polar surface area (TPSA) is 37.4 Å². The molecule has 1 rings (SSSR count). The monoisotopic (exact) mass is 189 g/mol. The number of alkyl halides is 2. The number of nitrogens with zero attached hydrogens (tertiary/aromatic N) is 1. The minimum atomic E-state index is -2.97. The van der Waals surface area contributed by atoms with E-state index in [1.165, 1.54) is 0 Å². The third-order valence-electron chi connectivity index (χ3n) is 1.29. The summed E-state index contributed by atoms with van der Waals surface area (Å²) in [6.45, 7) is -2.97. The Morgan fingerprint density at radius 2 is 1.64 bits per heavy atom. The molecule has 0 aromatic rings. The molecule has 0 N–H and O–H groups in total. The average molecular weight is 189 g/mol. The first-order valence-corrected chi connectivity index (χ1v) is 2.76. The van der Waals surface area contributed by atoms with Crippen LogP contribution in [0.1, 0.15) is 14.3 Å². The van der Waals surface area contributed by atoms with Crippen LogP contribution in [0, 0.1) is 0 Å². The summed E-state index contributed by atoms with van der Waals surface area (Å²) in [5, 5.41) is 0. The van der Waals surface area contributed by atoms with Gasteiger partial charge in [0, 0.05) is 12.8 Å². The molecule has 1 heterocycles. The predicted octanol–water partition coefficient (Wildman–Crippen LogP) is -2.53. The molecule has 1 aliphatic rings. The van der Waals surface area contributed by atoms with E-state index in [1.807, 2.05) is 0 Å². The fraction of sp³-hybridized carbons (Fsp3) is 0.600. The van der Waals surface area contributed by atoms with Crippen molar-refractivity contribution in [1.82, 2.24) is 4.90 Å². The van der Waals surface area contributed by atoms with Gasteiger partial charge in [-0.15, -0.1) is 0 Å². The van der Waals surface area contributed by atoms with Crippen molar-refractivity contribution in [2.24, 2.45) is 0 Å². The number of hydrogen-bond acceptors (Lipinski definition) is 2. The molecule has 0 unspecified atom stereocenters. The van der Waals surface area contributed by atoms with E-state index >= 15 is 0 Å². The van der Waals surface area contributed by atoms with Gasteiger partial charge in [0.15, 0.2) is 0 Å². The zero-order valence-corrected chi connectivity index (χ0v) is 9.13. The summed E-state index contributed by atoms with van der Waals surface area (Å²) in [6, 6.07) is 0. The molecule has 2 amide bonds. The SMILES string of the molecule is O=C1CCC(=O)N1C(F)F.[H-].[K+]. The van der Waals surface area contributed by atoms with Gasteiger partial charge in [-0.3, -0.25) is 9.59 Å². The summed E-state index contributed by atoms with van der Waals surface area (Å²) in [4.78, 5) is 20.9. The van der Waals surface area contributed by atoms with Crippen molar-refractivity contribution in [2.75, 3.05) is 0 Å². The first kappa shape index (κ1) is 11.6. The first-order valence-electron chi connectivity index (χ1n) is 2.76. The van der Waals surface area contributed by atoms with E-state index in [0.29, 0.717) is 0 Å². The molecule has 0 aromatic heterocycles. The molecule has 0 bridgehead atoms.